The van der Waals surface area contributed by atoms with Crippen LogP contribution in [0.5, 0.6) is 5.75 Å². The molecular weight excluding hydrogens is 460 g/mol. The number of aromatic hydroxyl groups is 1. The highest BCUT2D eigenvalue weighted by atomic mass is 16.4. The van der Waals surface area contributed by atoms with Crippen LogP contribution in [-0.4, -0.2) is 42.7 Å². The number of carbonyl (C=O) groups excluding carboxylic acids is 1. The summed E-state index contributed by atoms with van der Waals surface area (Å²) in [6, 6.07) is 6.97. The quantitative estimate of drug-likeness (QED) is 0.350. The van der Waals surface area contributed by atoms with Gasteiger partial charge in [-0.05, 0) is 43.5 Å². The molecule has 1 saturated carbocycles. The molecule has 5 rings (SSSR count). The number of nitrogens with one attached hydrogen (secondary N) is 1. The summed E-state index contributed by atoms with van der Waals surface area (Å²) in [4.78, 5) is 29.9. The van der Waals surface area contributed by atoms with Crippen LogP contribution in [0.3, 0.4) is 0 Å². The minimum Gasteiger partial charge on any atom is -0.508 e. The van der Waals surface area contributed by atoms with Crippen molar-refractivity contribution in [3.8, 4) is 16.9 Å². The molecular formula is C27H28N4O5. The first-order chi connectivity index (χ1) is 17.4. The smallest absolute Gasteiger partial charge is 0.326 e. The summed E-state index contributed by atoms with van der Waals surface area (Å²) in [7, 11) is 0. The molecule has 1 aliphatic rings. The fourth-order valence-corrected chi connectivity index (χ4v) is 5.08. The molecule has 0 radical (unpaired) electrons. The summed E-state index contributed by atoms with van der Waals surface area (Å²) in [5.74, 6) is -1.33. The van der Waals surface area contributed by atoms with Crippen molar-refractivity contribution in [1.29, 1.82) is 0 Å². The molecule has 3 N–H and O–H groups in total. The molecule has 1 aliphatic carbocycles. The van der Waals surface area contributed by atoms with E-state index < -0.39 is 17.9 Å². The van der Waals surface area contributed by atoms with E-state index in [1.54, 1.807) is 42.3 Å². The van der Waals surface area contributed by atoms with Crippen LogP contribution in [-0.2, 0) is 11.2 Å². The van der Waals surface area contributed by atoms with E-state index >= 15 is 0 Å². The average molecular weight is 489 g/mol. The van der Waals surface area contributed by atoms with Gasteiger partial charge < -0.3 is 19.9 Å². The normalized spacial score (nSPS) is 15.1. The lowest BCUT2D eigenvalue weighted by atomic mass is 9.84. The van der Waals surface area contributed by atoms with Crippen LogP contribution in [0.2, 0.25) is 0 Å². The molecule has 0 spiro atoms. The number of fused-ring (bicyclic) bond motifs is 1. The maximum atomic E-state index is 13.4. The number of benzene rings is 1. The zero-order valence-corrected chi connectivity index (χ0v) is 20.0. The number of aromatic nitrogens is 3. The van der Waals surface area contributed by atoms with Crippen molar-refractivity contribution in [1.82, 2.24) is 19.9 Å². The number of aryl methyl sites for hydroxylation is 1. The first-order valence-electron chi connectivity index (χ1n) is 12.1. The van der Waals surface area contributed by atoms with Gasteiger partial charge >= 0.3 is 5.97 Å². The lowest BCUT2D eigenvalue weighted by Crippen LogP contribution is -2.42. The van der Waals surface area contributed by atoms with Crippen LogP contribution in [0.4, 0.5) is 0 Å². The Bertz CT molecular complexity index is 1390. The van der Waals surface area contributed by atoms with E-state index in [4.69, 9.17) is 9.52 Å². The summed E-state index contributed by atoms with van der Waals surface area (Å²) in [5.41, 5.74) is 4.67. The largest absolute Gasteiger partial charge is 0.508 e. The van der Waals surface area contributed by atoms with Gasteiger partial charge in [-0.3, -0.25) is 4.79 Å². The third-order valence-electron chi connectivity index (χ3n) is 6.89. The highest BCUT2D eigenvalue weighted by Crippen LogP contribution is 2.38. The second-order valence-electron chi connectivity index (χ2n) is 9.33. The third-order valence-corrected chi connectivity index (χ3v) is 6.89. The zero-order chi connectivity index (χ0) is 25.2. The topological polar surface area (TPSA) is 130 Å². The Morgan fingerprint density at radius 2 is 1.92 bits per heavy atom. The second-order valence-corrected chi connectivity index (χ2v) is 9.33. The second kappa shape index (κ2) is 9.85. The average Bonchev–Trinajstić information content (AvgIpc) is 3.52. The number of carboxylic acid groups (broad SMARTS) is 1. The molecule has 9 heteroatoms. The van der Waals surface area contributed by atoms with E-state index in [-0.39, 0.29) is 23.7 Å². The zero-order valence-electron chi connectivity index (χ0n) is 20.0. The summed E-state index contributed by atoms with van der Waals surface area (Å²) in [6.07, 6.45) is 10.6. The van der Waals surface area contributed by atoms with Gasteiger partial charge in [-0.15, -0.1) is 0 Å². The molecule has 3 heterocycles. The molecule has 186 valence electrons. The van der Waals surface area contributed by atoms with Crippen LogP contribution < -0.4 is 5.32 Å². The van der Waals surface area contributed by atoms with Gasteiger partial charge in [0.05, 0.1) is 23.9 Å². The minimum atomic E-state index is -1.15. The first kappa shape index (κ1) is 23.6. The molecule has 4 aromatic rings. The number of phenolic OH excluding ortho intramolecular Hbond substituents is 1. The fraction of sp³-hybridized carbons (Fsp3) is 0.333. The Morgan fingerprint density at radius 1 is 1.17 bits per heavy atom. The van der Waals surface area contributed by atoms with Crippen LogP contribution >= 0.6 is 0 Å². The van der Waals surface area contributed by atoms with Gasteiger partial charge in [0.2, 0.25) is 0 Å². The molecule has 0 saturated heterocycles. The van der Waals surface area contributed by atoms with Crippen molar-refractivity contribution in [2.24, 2.45) is 0 Å². The van der Waals surface area contributed by atoms with Crippen LogP contribution in [0.15, 0.2) is 53.5 Å². The number of hydrogen-bond donors (Lipinski definition) is 3. The highest BCUT2D eigenvalue weighted by molar-refractivity contribution is 6.02. The van der Waals surface area contributed by atoms with Gasteiger partial charge in [0, 0.05) is 29.7 Å². The molecule has 3 aromatic heterocycles. The van der Waals surface area contributed by atoms with Crippen molar-refractivity contribution < 1.29 is 24.2 Å². The molecule has 1 aromatic carbocycles. The van der Waals surface area contributed by atoms with E-state index in [0.717, 1.165) is 42.5 Å². The summed E-state index contributed by atoms with van der Waals surface area (Å²) >= 11 is 0. The molecule has 0 unspecified atom stereocenters. The number of amides is 1. The van der Waals surface area contributed by atoms with E-state index in [1.165, 1.54) is 18.6 Å². The summed E-state index contributed by atoms with van der Waals surface area (Å²) < 4.78 is 7.08. The molecule has 0 aliphatic heterocycles. The molecule has 1 fully saturated rings. The number of phenols is 1. The van der Waals surface area contributed by atoms with Crippen molar-refractivity contribution >= 4 is 17.5 Å². The van der Waals surface area contributed by atoms with Crippen LogP contribution in [0.25, 0.3) is 16.8 Å². The van der Waals surface area contributed by atoms with Gasteiger partial charge in [0.15, 0.2) is 5.65 Å². The predicted molar refractivity (Wildman–Crippen MR) is 132 cm³/mol. The van der Waals surface area contributed by atoms with Crippen LogP contribution in [0, 0.1) is 6.92 Å². The van der Waals surface area contributed by atoms with E-state index in [0.29, 0.717) is 16.9 Å². The maximum absolute atomic E-state index is 13.4. The molecule has 36 heavy (non-hydrogen) atoms. The fourth-order valence-electron chi connectivity index (χ4n) is 5.08. The summed E-state index contributed by atoms with van der Waals surface area (Å²) in [6.45, 7) is 1.74. The maximum Gasteiger partial charge on any atom is 0.326 e. The highest BCUT2D eigenvalue weighted by Gasteiger charge is 2.29. The Balaban J connectivity index is 1.52. The molecule has 0 bridgehead atoms. The Kier molecular flexibility index (Phi) is 6.45. The van der Waals surface area contributed by atoms with Crippen molar-refractivity contribution in [2.75, 3.05) is 0 Å². The van der Waals surface area contributed by atoms with Crippen LogP contribution in [0.1, 0.15) is 65.3 Å². The number of aliphatic carboxylic acids is 1. The standard InChI is InChI=1S/C27H28N4O5/c1-16-23(26(33)29-22(27(34)35)13-17-7-9-20(32)10-8-17)25-28-14-21(19-11-12-36-15-19)24(31(25)30-16)18-5-3-2-4-6-18/h7-12,14-15,18,22,32H,2-6,13H2,1H3,(H,29,33)(H,34,35)/t22-/m0/s1. The molecule has 9 nitrogen and oxygen atoms in total. The van der Waals surface area contributed by atoms with Gasteiger partial charge in [0.25, 0.3) is 5.91 Å². The van der Waals surface area contributed by atoms with Gasteiger partial charge in [-0.1, -0.05) is 31.4 Å². The van der Waals surface area contributed by atoms with Crippen molar-refractivity contribution in [2.45, 2.75) is 57.4 Å². The third kappa shape index (κ3) is 4.56. The molecule has 1 amide bonds. The Hall–Kier alpha value is -4.14. The monoisotopic (exact) mass is 488 g/mol. The number of carbonyl (C=O) groups is 2. The number of furan rings is 1. The predicted octanol–water partition coefficient (Wildman–Crippen LogP) is 4.48. The van der Waals surface area contributed by atoms with Gasteiger partial charge in [-0.25, -0.2) is 14.3 Å². The van der Waals surface area contributed by atoms with Crippen molar-refractivity contribution in [3.63, 3.8) is 0 Å². The van der Waals surface area contributed by atoms with E-state index in [2.05, 4.69) is 10.3 Å². The van der Waals surface area contributed by atoms with Crippen molar-refractivity contribution in [3.05, 3.63) is 71.6 Å². The first-order valence-corrected chi connectivity index (χ1v) is 12.1. The Morgan fingerprint density at radius 3 is 2.58 bits per heavy atom. The summed E-state index contributed by atoms with van der Waals surface area (Å²) in [5, 5.41) is 26.6. The van der Waals surface area contributed by atoms with E-state index in [1.807, 2.05) is 6.07 Å². The number of carboxylic acids is 1. The van der Waals surface area contributed by atoms with E-state index in [9.17, 15) is 19.8 Å². The Labute approximate surface area is 207 Å². The molecule has 1 atom stereocenters. The lowest BCUT2D eigenvalue weighted by molar-refractivity contribution is -0.139. The van der Waals surface area contributed by atoms with Gasteiger partial charge in [-0.2, -0.15) is 5.10 Å². The van der Waals surface area contributed by atoms with Gasteiger partial charge in [0.1, 0.15) is 17.4 Å². The number of nitrogens with zero attached hydrogens (tertiary/aromatic N) is 3. The number of rotatable bonds is 7. The SMILES string of the molecule is Cc1nn2c(C3CCCCC3)c(-c3ccoc3)cnc2c1C(=O)N[C@@H](Cc1ccc(O)cc1)C(=O)O. The minimum absolute atomic E-state index is 0.0744. The number of hydrogen-bond acceptors (Lipinski definition) is 6. The lowest BCUT2D eigenvalue weighted by Gasteiger charge is -2.24.